The Morgan fingerprint density at radius 2 is 0.744 bits per heavy atom. The molecule has 0 radical (unpaired) electrons. The quantitative estimate of drug-likeness (QED) is 0.276. The first kappa shape index (κ1) is 24.4. The van der Waals surface area contributed by atoms with Gasteiger partial charge in [-0.25, -0.2) is 15.0 Å². The van der Waals surface area contributed by atoms with Gasteiger partial charge in [0.2, 0.25) is 0 Å². The van der Waals surface area contributed by atoms with Crippen LogP contribution in [0.5, 0.6) is 0 Å². The Morgan fingerprint density at radius 1 is 0.359 bits per heavy atom. The molecule has 6 rings (SSSR count). The summed E-state index contributed by atoms with van der Waals surface area (Å²) in [5.41, 5.74) is 7.34. The van der Waals surface area contributed by atoms with Gasteiger partial charge in [-0.1, -0.05) is 127 Å². The molecule has 39 heavy (non-hydrogen) atoms. The first-order chi connectivity index (χ1) is 19.1. The Hall–Kier alpha value is -4.91. The van der Waals surface area contributed by atoms with E-state index in [1.165, 1.54) is 0 Å². The molecule has 0 aliphatic heterocycles. The molecule has 0 bridgehead atoms. The maximum Gasteiger partial charge on any atom is 0.488 e. The van der Waals surface area contributed by atoms with Crippen molar-refractivity contribution in [1.29, 1.82) is 0 Å². The largest absolute Gasteiger partial charge is 0.488 e. The Labute approximate surface area is 227 Å². The van der Waals surface area contributed by atoms with E-state index in [4.69, 9.17) is 15.0 Å². The minimum absolute atomic E-state index is 0.447. The zero-order valence-corrected chi connectivity index (χ0v) is 21.0. The van der Waals surface area contributed by atoms with E-state index in [1.54, 1.807) is 12.1 Å². The van der Waals surface area contributed by atoms with Gasteiger partial charge in [-0.05, 0) is 33.8 Å². The van der Waals surface area contributed by atoms with Crippen molar-refractivity contribution in [1.82, 2.24) is 15.0 Å². The van der Waals surface area contributed by atoms with Crippen LogP contribution in [0.4, 0.5) is 0 Å². The predicted octanol–water partition coefficient (Wildman–Crippen LogP) is 5.89. The van der Waals surface area contributed by atoms with E-state index in [0.29, 0.717) is 22.9 Å². The average molecular weight is 505 g/mol. The van der Waals surface area contributed by atoms with Crippen LogP contribution in [0, 0.1) is 0 Å². The van der Waals surface area contributed by atoms with Gasteiger partial charge in [0, 0.05) is 16.7 Å². The molecule has 0 spiro atoms. The zero-order chi connectivity index (χ0) is 26.6. The third kappa shape index (κ3) is 5.38. The van der Waals surface area contributed by atoms with Crippen LogP contribution in [0.1, 0.15) is 0 Å². The second-order valence-corrected chi connectivity index (χ2v) is 9.19. The van der Waals surface area contributed by atoms with Crippen LogP contribution in [0.2, 0.25) is 0 Å². The molecule has 0 fully saturated rings. The van der Waals surface area contributed by atoms with Gasteiger partial charge >= 0.3 is 7.12 Å². The first-order valence-corrected chi connectivity index (χ1v) is 12.7. The van der Waals surface area contributed by atoms with Crippen molar-refractivity contribution in [2.45, 2.75) is 0 Å². The second kappa shape index (κ2) is 10.8. The van der Waals surface area contributed by atoms with E-state index in [-0.39, 0.29) is 0 Å². The Morgan fingerprint density at radius 3 is 1.33 bits per heavy atom. The molecule has 0 unspecified atom stereocenters. The lowest BCUT2D eigenvalue weighted by Gasteiger charge is -2.10. The second-order valence-electron chi connectivity index (χ2n) is 9.19. The van der Waals surface area contributed by atoms with Crippen molar-refractivity contribution in [3.05, 3.63) is 133 Å². The lowest BCUT2D eigenvalue weighted by Crippen LogP contribution is -2.29. The van der Waals surface area contributed by atoms with Crippen LogP contribution < -0.4 is 5.46 Å². The highest BCUT2D eigenvalue weighted by atomic mass is 16.4. The molecule has 0 amide bonds. The van der Waals surface area contributed by atoms with Crippen molar-refractivity contribution < 1.29 is 10.0 Å². The van der Waals surface area contributed by atoms with Gasteiger partial charge in [-0.3, -0.25) is 0 Å². The lowest BCUT2D eigenvalue weighted by molar-refractivity contribution is 0.426. The molecule has 0 atom stereocenters. The van der Waals surface area contributed by atoms with E-state index < -0.39 is 7.12 Å². The van der Waals surface area contributed by atoms with Crippen LogP contribution in [0.15, 0.2) is 133 Å². The highest BCUT2D eigenvalue weighted by molar-refractivity contribution is 6.58. The molecule has 0 aliphatic carbocycles. The van der Waals surface area contributed by atoms with Crippen LogP contribution >= 0.6 is 0 Å². The van der Waals surface area contributed by atoms with E-state index in [0.717, 1.165) is 38.9 Å². The SMILES string of the molecule is OB(O)c1ccc(-c2cccc(-c3nc(-c4ccccc4)nc(-c4ccc(-c5ccccc5)cc4)n3)c2)cc1. The fourth-order valence-corrected chi connectivity index (χ4v) is 4.48. The zero-order valence-electron chi connectivity index (χ0n) is 21.0. The molecule has 2 N–H and O–H groups in total. The summed E-state index contributed by atoms with van der Waals surface area (Å²) < 4.78 is 0. The number of rotatable bonds is 6. The first-order valence-electron chi connectivity index (χ1n) is 12.7. The summed E-state index contributed by atoms with van der Waals surface area (Å²) in [5, 5.41) is 18.8. The van der Waals surface area contributed by atoms with Gasteiger partial charge in [-0.15, -0.1) is 0 Å². The summed E-state index contributed by atoms with van der Waals surface area (Å²) >= 11 is 0. The van der Waals surface area contributed by atoms with Crippen molar-refractivity contribution in [3.8, 4) is 56.4 Å². The molecule has 186 valence electrons. The highest BCUT2D eigenvalue weighted by Gasteiger charge is 2.14. The number of hydrogen-bond acceptors (Lipinski definition) is 5. The standard InChI is InChI=1S/C33H24BN3O2/c38-34(39)30-20-18-25(19-21-30)28-12-7-13-29(22-28)33-36-31(26-10-5-2-6-11-26)35-32(37-33)27-16-14-24(15-17-27)23-8-3-1-4-9-23/h1-22,38-39H. The Balaban J connectivity index is 1.42. The van der Waals surface area contributed by atoms with Gasteiger partial charge in [-0.2, -0.15) is 0 Å². The van der Waals surface area contributed by atoms with Crippen LogP contribution in [0.25, 0.3) is 56.4 Å². The number of benzene rings is 5. The van der Waals surface area contributed by atoms with Crippen LogP contribution in [-0.4, -0.2) is 32.1 Å². The maximum absolute atomic E-state index is 9.42. The van der Waals surface area contributed by atoms with Crippen molar-refractivity contribution in [2.24, 2.45) is 0 Å². The molecule has 6 heteroatoms. The molecule has 0 aliphatic rings. The smallest absolute Gasteiger partial charge is 0.423 e. The maximum atomic E-state index is 9.42. The Kier molecular flexibility index (Phi) is 6.79. The molecule has 0 saturated carbocycles. The third-order valence-corrected chi connectivity index (χ3v) is 6.58. The highest BCUT2D eigenvalue weighted by Crippen LogP contribution is 2.29. The van der Waals surface area contributed by atoms with Gasteiger partial charge in [0.1, 0.15) is 0 Å². The Bertz CT molecular complexity index is 1710. The van der Waals surface area contributed by atoms with Crippen LogP contribution in [-0.2, 0) is 0 Å². The minimum Gasteiger partial charge on any atom is -0.423 e. The molecule has 5 aromatic carbocycles. The number of aromatic nitrogens is 3. The molecule has 0 saturated heterocycles. The average Bonchev–Trinajstić information content (AvgIpc) is 3.02. The molecular weight excluding hydrogens is 481 g/mol. The van der Waals surface area contributed by atoms with Crippen molar-refractivity contribution in [3.63, 3.8) is 0 Å². The number of hydrogen-bond donors (Lipinski definition) is 2. The van der Waals surface area contributed by atoms with Crippen molar-refractivity contribution >= 4 is 12.6 Å². The van der Waals surface area contributed by atoms with E-state index >= 15 is 0 Å². The molecule has 6 aromatic rings. The fourth-order valence-electron chi connectivity index (χ4n) is 4.48. The van der Waals surface area contributed by atoms with Gasteiger partial charge in [0.15, 0.2) is 17.5 Å². The number of nitrogens with zero attached hydrogens (tertiary/aromatic N) is 3. The summed E-state index contributed by atoms with van der Waals surface area (Å²) in [4.78, 5) is 14.6. The van der Waals surface area contributed by atoms with Gasteiger partial charge in [0.25, 0.3) is 0 Å². The predicted molar refractivity (Wildman–Crippen MR) is 157 cm³/mol. The summed E-state index contributed by atoms with van der Waals surface area (Å²) in [7, 11) is -1.49. The summed E-state index contributed by atoms with van der Waals surface area (Å²) in [6, 6.07) is 43.6. The topological polar surface area (TPSA) is 79.1 Å². The van der Waals surface area contributed by atoms with Gasteiger partial charge < -0.3 is 10.0 Å². The van der Waals surface area contributed by atoms with E-state index in [9.17, 15) is 10.0 Å². The monoisotopic (exact) mass is 505 g/mol. The summed E-state index contributed by atoms with van der Waals surface area (Å²) in [5.74, 6) is 1.79. The fraction of sp³-hybridized carbons (Fsp3) is 0. The third-order valence-electron chi connectivity index (χ3n) is 6.58. The van der Waals surface area contributed by atoms with E-state index in [1.807, 2.05) is 97.1 Å². The molecule has 5 nitrogen and oxygen atoms in total. The lowest BCUT2D eigenvalue weighted by atomic mass is 9.80. The summed E-state index contributed by atoms with van der Waals surface area (Å²) in [6.45, 7) is 0. The molecule has 1 heterocycles. The van der Waals surface area contributed by atoms with E-state index in [2.05, 4.69) is 24.3 Å². The summed E-state index contributed by atoms with van der Waals surface area (Å²) in [6.07, 6.45) is 0. The molecule has 1 aromatic heterocycles. The van der Waals surface area contributed by atoms with Gasteiger partial charge in [0.05, 0.1) is 0 Å². The van der Waals surface area contributed by atoms with Crippen molar-refractivity contribution in [2.75, 3.05) is 0 Å². The minimum atomic E-state index is -1.49. The van der Waals surface area contributed by atoms with Crippen LogP contribution in [0.3, 0.4) is 0 Å². The molecular formula is C33H24BN3O2. The normalized spacial score (nSPS) is 10.8.